The van der Waals surface area contributed by atoms with Crippen LogP contribution in [0.15, 0.2) is 11.1 Å². The lowest BCUT2D eigenvalue weighted by Gasteiger charge is -2.26. The Morgan fingerprint density at radius 1 is 1.33 bits per heavy atom. The Morgan fingerprint density at radius 2 is 1.87 bits per heavy atom. The molecular weight excluding hydrogens is 192 g/mol. The zero-order chi connectivity index (χ0) is 11.6. The summed E-state index contributed by atoms with van der Waals surface area (Å²) >= 11 is 0. The molecule has 0 aromatic rings. The van der Waals surface area contributed by atoms with Crippen LogP contribution in [0.3, 0.4) is 0 Å². The van der Waals surface area contributed by atoms with Crippen molar-refractivity contribution in [2.24, 2.45) is 5.92 Å². The molecule has 0 saturated carbocycles. The average Bonchev–Trinajstić information content (AvgIpc) is 2.40. The number of amides is 1. The van der Waals surface area contributed by atoms with Gasteiger partial charge in [-0.25, -0.2) is 0 Å². The Kier molecular flexibility index (Phi) is 2.47. The van der Waals surface area contributed by atoms with Gasteiger partial charge in [0.1, 0.15) is 11.6 Å². The molecule has 74 valence electrons. The molecule has 1 amide bonds. The summed E-state index contributed by atoms with van der Waals surface area (Å²) in [7, 11) is 0. The largest absolute Gasteiger partial charge is 0.340 e. The van der Waals surface area contributed by atoms with Gasteiger partial charge in [0.15, 0.2) is 5.92 Å². The van der Waals surface area contributed by atoms with Crippen molar-refractivity contribution >= 4 is 5.91 Å². The Hall–Kier alpha value is -2.32. The molecule has 0 spiro atoms. The molecule has 1 N–H and O–H groups in total. The first-order valence-corrected chi connectivity index (χ1v) is 4.24. The van der Waals surface area contributed by atoms with Gasteiger partial charge in [0.05, 0.1) is 17.7 Å². The summed E-state index contributed by atoms with van der Waals surface area (Å²) in [5.41, 5.74) is -0.609. The SMILES string of the molecule is CC1=C(C#N)C(=O)NC1(C)C(C#N)C#N. The van der Waals surface area contributed by atoms with E-state index >= 15 is 0 Å². The molecule has 1 heterocycles. The minimum absolute atomic E-state index is 0.00648. The highest BCUT2D eigenvalue weighted by Gasteiger charge is 2.45. The van der Waals surface area contributed by atoms with Crippen molar-refractivity contribution in [3.05, 3.63) is 11.1 Å². The van der Waals surface area contributed by atoms with E-state index < -0.39 is 17.4 Å². The molecule has 1 unspecified atom stereocenters. The number of nitrogens with zero attached hydrogens (tertiary/aromatic N) is 3. The summed E-state index contributed by atoms with van der Waals surface area (Å²) < 4.78 is 0. The number of hydrogen-bond donors (Lipinski definition) is 1. The maximum Gasteiger partial charge on any atom is 0.262 e. The van der Waals surface area contributed by atoms with Crippen molar-refractivity contribution in [3.63, 3.8) is 0 Å². The van der Waals surface area contributed by atoms with Gasteiger partial charge in [-0.05, 0) is 19.4 Å². The number of hydrogen-bond acceptors (Lipinski definition) is 4. The van der Waals surface area contributed by atoms with Crippen molar-refractivity contribution in [2.45, 2.75) is 19.4 Å². The van der Waals surface area contributed by atoms with Gasteiger partial charge in [-0.2, -0.15) is 15.8 Å². The maximum atomic E-state index is 11.4. The third kappa shape index (κ3) is 1.33. The molecule has 0 aromatic heterocycles. The zero-order valence-electron chi connectivity index (χ0n) is 8.33. The Bertz CT molecular complexity index is 457. The summed E-state index contributed by atoms with van der Waals surface area (Å²) in [4.78, 5) is 11.4. The summed E-state index contributed by atoms with van der Waals surface area (Å²) in [5.74, 6) is -1.51. The maximum absolute atomic E-state index is 11.4. The highest BCUT2D eigenvalue weighted by Crippen LogP contribution is 2.32. The average molecular weight is 200 g/mol. The van der Waals surface area contributed by atoms with Gasteiger partial charge in [0.2, 0.25) is 0 Å². The second kappa shape index (κ2) is 3.44. The Labute approximate surface area is 87.2 Å². The van der Waals surface area contributed by atoms with Crippen molar-refractivity contribution in [1.29, 1.82) is 15.8 Å². The minimum atomic E-state index is -1.05. The molecule has 5 heteroatoms. The molecule has 0 saturated heterocycles. The number of carbonyl (C=O) groups is 1. The molecule has 0 fully saturated rings. The van der Waals surface area contributed by atoms with Crippen LogP contribution in [-0.2, 0) is 4.79 Å². The van der Waals surface area contributed by atoms with Crippen LogP contribution >= 0.6 is 0 Å². The highest BCUT2D eigenvalue weighted by molar-refractivity contribution is 6.02. The van der Waals surface area contributed by atoms with E-state index in [9.17, 15) is 4.79 Å². The molecule has 0 aliphatic carbocycles. The molecule has 0 aromatic carbocycles. The molecule has 1 atom stereocenters. The van der Waals surface area contributed by atoms with Crippen LogP contribution < -0.4 is 5.32 Å². The van der Waals surface area contributed by atoms with Gasteiger partial charge in [0, 0.05) is 0 Å². The first-order valence-electron chi connectivity index (χ1n) is 4.24. The van der Waals surface area contributed by atoms with Crippen LogP contribution in [-0.4, -0.2) is 11.4 Å². The highest BCUT2D eigenvalue weighted by atomic mass is 16.2. The van der Waals surface area contributed by atoms with Crippen LogP contribution in [0.25, 0.3) is 0 Å². The van der Waals surface area contributed by atoms with Gasteiger partial charge in [-0.15, -0.1) is 0 Å². The van der Waals surface area contributed by atoms with E-state index in [4.69, 9.17) is 15.8 Å². The summed E-state index contributed by atoms with van der Waals surface area (Å²) in [6.07, 6.45) is 0. The lowest BCUT2D eigenvalue weighted by atomic mass is 9.82. The third-order valence-electron chi connectivity index (χ3n) is 2.70. The van der Waals surface area contributed by atoms with E-state index in [0.29, 0.717) is 5.57 Å². The fourth-order valence-electron chi connectivity index (χ4n) is 1.53. The molecule has 1 aliphatic heterocycles. The number of nitriles is 3. The molecular formula is C10H8N4O. The lowest BCUT2D eigenvalue weighted by molar-refractivity contribution is -0.117. The number of carbonyl (C=O) groups excluding carboxylic acids is 1. The molecule has 5 nitrogen and oxygen atoms in total. The standard InChI is InChI=1S/C10H8N4O/c1-6-8(5-13)9(15)14-10(6,2)7(3-11)4-12/h7H,1-2H3,(H,14,15). The number of rotatable bonds is 1. The van der Waals surface area contributed by atoms with Crippen molar-refractivity contribution in [3.8, 4) is 18.2 Å². The lowest BCUT2D eigenvalue weighted by Crippen LogP contribution is -2.46. The molecule has 0 radical (unpaired) electrons. The summed E-state index contributed by atoms with van der Waals surface area (Å²) in [5, 5.41) is 28.8. The van der Waals surface area contributed by atoms with E-state index in [1.807, 2.05) is 12.1 Å². The first kappa shape index (κ1) is 10.8. The quantitative estimate of drug-likeness (QED) is 0.661. The second-order valence-corrected chi connectivity index (χ2v) is 3.46. The van der Waals surface area contributed by atoms with Gasteiger partial charge in [-0.3, -0.25) is 4.79 Å². The minimum Gasteiger partial charge on any atom is -0.340 e. The van der Waals surface area contributed by atoms with Gasteiger partial charge >= 0.3 is 0 Å². The molecule has 1 aliphatic rings. The zero-order valence-corrected chi connectivity index (χ0v) is 8.33. The predicted octanol–water partition coefficient (Wildman–Crippen LogP) is 0.378. The van der Waals surface area contributed by atoms with Crippen LogP contribution in [0.4, 0.5) is 0 Å². The van der Waals surface area contributed by atoms with Crippen molar-refractivity contribution in [2.75, 3.05) is 0 Å². The van der Waals surface area contributed by atoms with Crippen LogP contribution in [0.1, 0.15) is 13.8 Å². The third-order valence-corrected chi connectivity index (χ3v) is 2.70. The van der Waals surface area contributed by atoms with E-state index in [-0.39, 0.29) is 5.57 Å². The fraction of sp³-hybridized carbons (Fsp3) is 0.400. The van der Waals surface area contributed by atoms with Crippen molar-refractivity contribution < 1.29 is 4.79 Å². The van der Waals surface area contributed by atoms with Gasteiger partial charge < -0.3 is 5.32 Å². The van der Waals surface area contributed by atoms with Crippen molar-refractivity contribution in [1.82, 2.24) is 5.32 Å². The first-order chi connectivity index (χ1) is 7.01. The predicted molar refractivity (Wildman–Crippen MR) is 49.6 cm³/mol. The van der Waals surface area contributed by atoms with Crippen LogP contribution in [0.2, 0.25) is 0 Å². The van der Waals surface area contributed by atoms with E-state index in [0.717, 1.165) is 0 Å². The van der Waals surface area contributed by atoms with Crippen LogP contribution in [0, 0.1) is 39.9 Å². The van der Waals surface area contributed by atoms with E-state index in [1.54, 1.807) is 19.9 Å². The summed E-state index contributed by atoms with van der Waals surface area (Å²) in [6, 6.07) is 5.39. The van der Waals surface area contributed by atoms with Gasteiger partial charge in [-0.1, -0.05) is 0 Å². The molecule has 0 bridgehead atoms. The van der Waals surface area contributed by atoms with Crippen LogP contribution in [0.5, 0.6) is 0 Å². The molecule has 1 rings (SSSR count). The fourth-order valence-corrected chi connectivity index (χ4v) is 1.53. The van der Waals surface area contributed by atoms with Gasteiger partial charge in [0.25, 0.3) is 5.91 Å². The monoisotopic (exact) mass is 200 g/mol. The summed E-state index contributed by atoms with van der Waals surface area (Å²) in [6.45, 7) is 3.15. The smallest absolute Gasteiger partial charge is 0.262 e. The Morgan fingerprint density at radius 3 is 2.20 bits per heavy atom. The normalized spacial score (nSPS) is 24.4. The Balaban J connectivity index is 3.30. The van der Waals surface area contributed by atoms with E-state index in [2.05, 4.69) is 5.32 Å². The topological polar surface area (TPSA) is 100 Å². The van der Waals surface area contributed by atoms with E-state index in [1.165, 1.54) is 0 Å². The number of nitrogens with one attached hydrogen (secondary N) is 1. The second-order valence-electron chi connectivity index (χ2n) is 3.46. The molecule has 15 heavy (non-hydrogen) atoms.